The van der Waals surface area contributed by atoms with Crippen LogP contribution in [0.2, 0.25) is 0 Å². The summed E-state index contributed by atoms with van der Waals surface area (Å²) in [6.45, 7) is 11.4. The Hall–Kier alpha value is -3.61. The van der Waals surface area contributed by atoms with Crippen LogP contribution in [0.25, 0.3) is 0 Å². The summed E-state index contributed by atoms with van der Waals surface area (Å²) in [5.41, 5.74) is -5.10. The maximum atomic E-state index is 14.0. The molecule has 3 rings (SSSR count). The molecular weight excluding hydrogens is 623 g/mol. The van der Waals surface area contributed by atoms with Crippen molar-refractivity contribution in [2.75, 3.05) is 13.7 Å². The van der Waals surface area contributed by atoms with Gasteiger partial charge in [0.15, 0.2) is 0 Å². The molecule has 5 atom stereocenters. The van der Waals surface area contributed by atoms with Gasteiger partial charge in [0, 0.05) is 12.0 Å². The number of methoxy groups -OCH3 is 1. The first-order valence-electron chi connectivity index (χ1n) is 14.5. The van der Waals surface area contributed by atoms with Crippen LogP contribution < -0.4 is 0 Å². The number of allylic oxidation sites excluding steroid dienone is 1. The fourth-order valence-electron chi connectivity index (χ4n) is 5.73. The molecule has 1 amide bonds. The van der Waals surface area contributed by atoms with Crippen molar-refractivity contribution in [2.45, 2.75) is 89.6 Å². The number of ether oxygens (including phenoxy) is 3. The summed E-state index contributed by atoms with van der Waals surface area (Å²) >= 11 is 0. The van der Waals surface area contributed by atoms with Crippen LogP contribution in [-0.2, 0) is 31.4 Å². The molecule has 1 fully saturated rings. The van der Waals surface area contributed by atoms with Crippen molar-refractivity contribution in [1.82, 2.24) is 4.90 Å². The molecule has 46 heavy (non-hydrogen) atoms. The number of hydrogen-bond acceptors (Lipinski definition) is 5. The summed E-state index contributed by atoms with van der Waals surface area (Å²) in [6.07, 6.45) is -11.7. The van der Waals surface area contributed by atoms with Gasteiger partial charge in [0.25, 0.3) is 0 Å². The van der Waals surface area contributed by atoms with E-state index >= 15 is 0 Å². The molecule has 254 valence electrons. The Labute approximate surface area is 263 Å². The molecule has 1 saturated heterocycles. The number of rotatable bonds is 9. The zero-order valence-electron chi connectivity index (χ0n) is 26.4. The molecule has 1 aliphatic heterocycles. The first-order chi connectivity index (χ1) is 21.1. The number of nitrogens with zero attached hydrogens (tertiary/aromatic N) is 1. The third-order valence-corrected chi connectivity index (χ3v) is 7.87. The number of carbonyl (C=O) groups excluding carboxylic acids is 2. The van der Waals surface area contributed by atoms with Crippen LogP contribution in [0, 0.1) is 11.2 Å². The number of likely N-dealkylation sites (tertiary alicyclic amines) is 1. The first kappa shape index (κ1) is 36.9. The van der Waals surface area contributed by atoms with Crippen molar-refractivity contribution in [2.24, 2.45) is 5.41 Å². The molecule has 0 radical (unpaired) electrons. The van der Waals surface area contributed by atoms with E-state index in [2.05, 4.69) is 6.58 Å². The van der Waals surface area contributed by atoms with Gasteiger partial charge in [0.2, 0.25) is 0 Å². The van der Waals surface area contributed by atoms with Crippen molar-refractivity contribution >= 4 is 12.1 Å². The molecule has 0 aliphatic carbocycles. The van der Waals surface area contributed by atoms with Crippen LogP contribution in [0.4, 0.5) is 35.5 Å². The van der Waals surface area contributed by atoms with E-state index in [1.165, 1.54) is 49.3 Å². The molecule has 1 unspecified atom stereocenters. The van der Waals surface area contributed by atoms with E-state index in [-0.39, 0.29) is 25.5 Å². The highest BCUT2D eigenvalue weighted by atomic mass is 19.4. The normalized spacial score (nSPS) is 21.0. The second-order valence-electron chi connectivity index (χ2n) is 12.7. The number of amides is 1. The highest BCUT2D eigenvalue weighted by molar-refractivity contribution is 5.77. The van der Waals surface area contributed by atoms with E-state index in [4.69, 9.17) is 14.2 Å². The second kappa shape index (κ2) is 13.6. The van der Waals surface area contributed by atoms with Gasteiger partial charge in [-0.05, 0) is 88.9 Å². The Bertz CT molecular complexity index is 1370. The maximum absolute atomic E-state index is 14.0. The fourth-order valence-corrected chi connectivity index (χ4v) is 5.73. The molecule has 1 aliphatic rings. The quantitative estimate of drug-likeness (QED) is 0.153. The lowest BCUT2D eigenvalue weighted by Gasteiger charge is -2.36. The number of alkyl halides is 6. The minimum atomic E-state index is -5.07. The minimum Gasteiger partial charge on any atom is -0.469 e. The molecule has 0 spiro atoms. The van der Waals surface area contributed by atoms with Gasteiger partial charge < -0.3 is 19.1 Å². The Balaban J connectivity index is 2.17. The van der Waals surface area contributed by atoms with E-state index in [1.807, 2.05) is 0 Å². The smallest absolute Gasteiger partial charge is 0.416 e. The molecule has 2 aromatic carbocycles. The molecule has 13 heteroatoms. The lowest BCUT2D eigenvalue weighted by atomic mass is 9.75. The molecular formula is C33H38F7NO5. The predicted octanol–water partition coefficient (Wildman–Crippen LogP) is 8.86. The number of carbonyl (C=O) groups is 2. The van der Waals surface area contributed by atoms with E-state index in [1.54, 1.807) is 27.7 Å². The van der Waals surface area contributed by atoms with E-state index in [0.29, 0.717) is 17.7 Å². The Kier molecular flexibility index (Phi) is 10.9. The van der Waals surface area contributed by atoms with Crippen LogP contribution >= 0.6 is 0 Å². The zero-order valence-corrected chi connectivity index (χ0v) is 26.4. The average molecular weight is 662 g/mol. The van der Waals surface area contributed by atoms with Crippen molar-refractivity contribution in [3.8, 4) is 0 Å². The topological polar surface area (TPSA) is 65.1 Å². The monoisotopic (exact) mass is 661 g/mol. The van der Waals surface area contributed by atoms with Crippen LogP contribution in [0.5, 0.6) is 0 Å². The molecule has 6 nitrogen and oxygen atoms in total. The molecule has 0 aromatic heterocycles. The van der Waals surface area contributed by atoms with Gasteiger partial charge in [0.05, 0.1) is 42.4 Å². The Morgan fingerprint density at radius 3 is 1.98 bits per heavy atom. The summed E-state index contributed by atoms with van der Waals surface area (Å²) in [5.74, 6) is -1.99. The molecule has 1 heterocycles. The van der Waals surface area contributed by atoms with Gasteiger partial charge in [-0.2, -0.15) is 26.3 Å². The predicted molar refractivity (Wildman–Crippen MR) is 155 cm³/mol. The summed E-state index contributed by atoms with van der Waals surface area (Å²) in [5, 5.41) is 0. The average Bonchev–Trinajstić information content (AvgIpc) is 3.28. The number of hydrogen-bond donors (Lipinski definition) is 0. The van der Waals surface area contributed by atoms with Gasteiger partial charge >= 0.3 is 24.4 Å². The van der Waals surface area contributed by atoms with Gasteiger partial charge in [-0.3, -0.25) is 4.79 Å². The van der Waals surface area contributed by atoms with Crippen LogP contribution in [-0.4, -0.2) is 48.4 Å². The third kappa shape index (κ3) is 8.80. The number of benzene rings is 2. The van der Waals surface area contributed by atoms with E-state index < -0.39 is 82.1 Å². The summed E-state index contributed by atoms with van der Waals surface area (Å²) in [7, 11) is 1.21. The summed E-state index contributed by atoms with van der Waals surface area (Å²) < 4.78 is 113. The summed E-state index contributed by atoms with van der Waals surface area (Å²) in [6, 6.07) is 5.58. The van der Waals surface area contributed by atoms with Crippen LogP contribution in [0.15, 0.2) is 55.1 Å². The van der Waals surface area contributed by atoms with Gasteiger partial charge in [-0.1, -0.05) is 18.2 Å². The van der Waals surface area contributed by atoms with Gasteiger partial charge in [-0.25, -0.2) is 9.18 Å². The lowest BCUT2D eigenvalue weighted by Crippen LogP contribution is -2.45. The maximum Gasteiger partial charge on any atom is 0.416 e. The largest absolute Gasteiger partial charge is 0.469 e. The highest BCUT2D eigenvalue weighted by Gasteiger charge is 2.51. The van der Waals surface area contributed by atoms with Crippen molar-refractivity contribution < 1.29 is 54.5 Å². The lowest BCUT2D eigenvalue weighted by molar-refractivity contribution is -0.153. The molecule has 0 saturated carbocycles. The summed E-state index contributed by atoms with van der Waals surface area (Å²) in [4.78, 5) is 27.9. The number of esters is 1. The third-order valence-electron chi connectivity index (χ3n) is 7.87. The van der Waals surface area contributed by atoms with E-state index in [0.717, 1.165) is 0 Å². The van der Waals surface area contributed by atoms with Crippen LogP contribution in [0.3, 0.4) is 0 Å². The highest BCUT2D eigenvalue weighted by Crippen LogP contribution is 2.45. The SMILES string of the molecule is C=CCC(C)(C[C@H]1[C@H](c2ccc(F)cc2)[C@@H](O[C@H](C)c2cc(C(F)(F)F)cc(C(F)(F)F)c2)CN1C(=O)OC(C)(C)C)C(=O)OC. The van der Waals surface area contributed by atoms with Crippen molar-refractivity contribution in [1.29, 1.82) is 0 Å². The Morgan fingerprint density at radius 2 is 1.52 bits per heavy atom. The minimum absolute atomic E-state index is 0.0248. The molecule has 0 bridgehead atoms. The number of halogens is 7. The van der Waals surface area contributed by atoms with E-state index in [9.17, 15) is 40.3 Å². The van der Waals surface area contributed by atoms with Crippen molar-refractivity contribution in [3.05, 3.63) is 83.2 Å². The van der Waals surface area contributed by atoms with Gasteiger partial charge in [0.1, 0.15) is 11.4 Å². The van der Waals surface area contributed by atoms with Crippen molar-refractivity contribution in [3.63, 3.8) is 0 Å². The van der Waals surface area contributed by atoms with Crippen LogP contribution in [0.1, 0.15) is 81.7 Å². The van der Waals surface area contributed by atoms with Gasteiger partial charge in [-0.15, -0.1) is 6.58 Å². The molecule has 0 N–H and O–H groups in total. The standard InChI is InChI=1S/C33H38F7NO5/c1-8-13-31(6,28(42)44-7)17-25-27(20-9-11-24(34)12-10-20)26(18-41(25)29(43)46-30(3,4)5)45-19(2)21-14-22(32(35,36)37)16-23(15-21)33(38,39)40/h8-12,14-16,19,25-27H,1,13,17-18H2,2-7H3/t19-,25+,26+,27+,31?/m1/s1. The molecule has 2 aromatic rings. The Morgan fingerprint density at radius 1 is 0.978 bits per heavy atom. The fraction of sp³-hybridized carbons (Fsp3) is 0.515. The zero-order chi connectivity index (χ0) is 34.8. The first-order valence-corrected chi connectivity index (χ1v) is 14.5. The second-order valence-corrected chi connectivity index (χ2v) is 12.7.